The molecule has 4 rings (SSSR count). The first-order chi connectivity index (χ1) is 15.8. The maximum Gasteiger partial charge on any atom is 0.246 e. The SMILES string of the molecule is CC(C)NCC(=O)N[C@H](C(=O)N1CC(c2cc(F)ccc2F)=C[C@H]1c1ccccc1)C1CC1. The van der Waals surface area contributed by atoms with E-state index >= 15 is 0 Å². The molecule has 7 heteroatoms. The highest BCUT2D eigenvalue weighted by Gasteiger charge is 2.42. The van der Waals surface area contributed by atoms with Crippen LogP contribution in [0.25, 0.3) is 5.57 Å². The third-order valence-electron chi connectivity index (χ3n) is 6.08. The first kappa shape index (κ1) is 23.1. The van der Waals surface area contributed by atoms with Gasteiger partial charge in [0.25, 0.3) is 0 Å². The van der Waals surface area contributed by atoms with Crippen LogP contribution in [0.15, 0.2) is 54.6 Å². The van der Waals surface area contributed by atoms with Gasteiger partial charge in [-0.2, -0.15) is 0 Å². The Labute approximate surface area is 192 Å². The number of hydrogen-bond donors (Lipinski definition) is 2. The minimum Gasteiger partial charge on any atom is -0.343 e. The smallest absolute Gasteiger partial charge is 0.246 e. The summed E-state index contributed by atoms with van der Waals surface area (Å²) in [6.07, 6.45) is 3.56. The van der Waals surface area contributed by atoms with Gasteiger partial charge in [-0.3, -0.25) is 9.59 Å². The van der Waals surface area contributed by atoms with E-state index in [4.69, 9.17) is 0 Å². The average molecular weight is 454 g/mol. The number of amides is 2. The fourth-order valence-corrected chi connectivity index (χ4v) is 4.19. The summed E-state index contributed by atoms with van der Waals surface area (Å²) in [5, 5.41) is 5.98. The van der Waals surface area contributed by atoms with Crippen molar-refractivity contribution in [2.45, 2.75) is 44.8 Å². The van der Waals surface area contributed by atoms with Crippen LogP contribution in [0.2, 0.25) is 0 Å². The fraction of sp³-hybridized carbons (Fsp3) is 0.385. The van der Waals surface area contributed by atoms with Crippen molar-refractivity contribution in [1.82, 2.24) is 15.5 Å². The molecule has 0 bridgehead atoms. The van der Waals surface area contributed by atoms with E-state index in [2.05, 4.69) is 10.6 Å². The lowest BCUT2D eigenvalue weighted by atomic mass is 10.0. The molecule has 0 spiro atoms. The van der Waals surface area contributed by atoms with Crippen molar-refractivity contribution >= 4 is 17.4 Å². The Bertz CT molecular complexity index is 1050. The van der Waals surface area contributed by atoms with Gasteiger partial charge in [-0.1, -0.05) is 50.3 Å². The lowest BCUT2D eigenvalue weighted by Gasteiger charge is -2.30. The summed E-state index contributed by atoms with van der Waals surface area (Å²) in [5.41, 5.74) is 1.58. The molecule has 0 saturated heterocycles. The summed E-state index contributed by atoms with van der Waals surface area (Å²) in [7, 11) is 0. The van der Waals surface area contributed by atoms with Crippen molar-refractivity contribution in [2.24, 2.45) is 5.92 Å². The van der Waals surface area contributed by atoms with Gasteiger partial charge in [0.05, 0.1) is 12.6 Å². The number of hydrogen-bond acceptors (Lipinski definition) is 3. The van der Waals surface area contributed by atoms with Crippen LogP contribution in [-0.4, -0.2) is 41.9 Å². The summed E-state index contributed by atoms with van der Waals surface area (Å²) in [6, 6.07) is 11.9. The van der Waals surface area contributed by atoms with Gasteiger partial charge in [-0.25, -0.2) is 8.78 Å². The van der Waals surface area contributed by atoms with Gasteiger partial charge in [0.1, 0.15) is 17.7 Å². The van der Waals surface area contributed by atoms with E-state index < -0.39 is 23.7 Å². The molecule has 1 aliphatic carbocycles. The minimum absolute atomic E-state index is 0.0897. The molecule has 5 nitrogen and oxygen atoms in total. The van der Waals surface area contributed by atoms with Crippen molar-refractivity contribution in [3.63, 3.8) is 0 Å². The molecule has 0 unspecified atom stereocenters. The van der Waals surface area contributed by atoms with Crippen molar-refractivity contribution < 1.29 is 18.4 Å². The van der Waals surface area contributed by atoms with Gasteiger partial charge < -0.3 is 15.5 Å². The zero-order valence-electron chi connectivity index (χ0n) is 18.9. The molecule has 1 aliphatic heterocycles. The molecule has 174 valence electrons. The van der Waals surface area contributed by atoms with E-state index in [1.807, 2.05) is 50.3 Å². The molecule has 33 heavy (non-hydrogen) atoms. The van der Waals surface area contributed by atoms with Crippen molar-refractivity contribution in [1.29, 1.82) is 0 Å². The number of halogens is 2. The average Bonchev–Trinajstić information content (AvgIpc) is 3.55. The highest BCUT2D eigenvalue weighted by Crippen LogP contribution is 2.39. The second-order valence-corrected chi connectivity index (χ2v) is 9.06. The second kappa shape index (κ2) is 9.83. The highest BCUT2D eigenvalue weighted by molar-refractivity contribution is 5.91. The molecular formula is C26H29F2N3O2. The Kier molecular flexibility index (Phi) is 6.88. The summed E-state index contributed by atoms with van der Waals surface area (Å²) < 4.78 is 28.4. The standard InChI is InChI=1S/C26H29F2N3O2/c1-16(2)29-14-24(32)30-25(18-8-9-18)26(33)31-15-19(21-13-20(27)10-11-22(21)28)12-23(31)17-6-4-3-5-7-17/h3-7,10-13,16,18,23,25,29H,8-9,14-15H2,1-2H3,(H,30,32)/t23-,25-/m0/s1. The van der Waals surface area contributed by atoms with Crippen LogP contribution in [0.1, 0.15) is 43.9 Å². The minimum atomic E-state index is -0.636. The van der Waals surface area contributed by atoms with Crippen LogP contribution < -0.4 is 10.6 Å². The number of nitrogens with zero attached hydrogens (tertiary/aromatic N) is 1. The van der Waals surface area contributed by atoms with E-state index in [-0.39, 0.29) is 42.4 Å². The summed E-state index contributed by atoms with van der Waals surface area (Å²) in [4.78, 5) is 27.8. The molecule has 0 radical (unpaired) electrons. The van der Waals surface area contributed by atoms with Crippen LogP contribution >= 0.6 is 0 Å². The van der Waals surface area contributed by atoms with Gasteiger partial charge in [0.15, 0.2) is 0 Å². The quantitative estimate of drug-likeness (QED) is 0.639. The maximum atomic E-state index is 14.5. The van der Waals surface area contributed by atoms with Crippen molar-refractivity contribution in [3.05, 3.63) is 77.4 Å². The largest absolute Gasteiger partial charge is 0.343 e. The molecule has 2 aliphatic rings. The molecule has 2 N–H and O–H groups in total. The lowest BCUT2D eigenvalue weighted by molar-refractivity contribution is -0.137. The molecule has 2 aromatic rings. The molecule has 1 heterocycles. The first-order valence-electron chi connectivity index (χ1n) is 11.4. The number of nitrogens with one attached hydrogen (secondary N) is 2. The highest BCUT2D eigenvalue weighted by atomic mass is 19.1. The molecule has 2 amide bonds. The van der Waals surface area contributed by atoms with Gasteiger partial charge in [0, 0.05) is 18.2 Å². The fourth-order valence-electron chi connectivity index (χ4n) is 4.19. The maximum absolute atomic E-state index is 14.5. The molecule has 1 saturated carbocycles. The van der Waals surface area contributed by atoms with Gasteiger partial charge >= 0.3 is 0 Å². The predicted octanol–water partition coefficient (Wildman–Crippen LogP) is 3.82. The van der Waals surface area contributed by atoms with Gasteiger partial charge in [0.2, 0.25) is 11.8 Å². The topological polar surface area (TPSA) is 61.4 Å². The van der Waals surface area contributed by atoms with Crippen molar-refractivity contribution in [3.8, 4) is 0 Å². The van der Waals surface area contributed by atoms with Gasteiger partial charge in [-0.05, 0) is 48.1 Å². The van der Waals surface area contributed by atoms with Crippen LogP contribution in [0.5, 0.6) is 0 Å². The predicted molar refractivity (Wildman–Crippen MR) is 123 cm³/mol. The summed E-state index contributed by atoms with van der Waals surface area (Å²) >= 11 is 0. The van der Waals surface area contributed by atoms with Crippen LogP contribution in [0.3, 0.4) is 0 Å². The molecule has 2 atom stereocenters. The second-order valence-electron chi connectivity index (χ2n) is 9.06. The first-order valence-corrected chi connectivity index (χ1v) is 11.4. The summed E-state index contributed by atoms with van der Waals surface area (Å²) in [5.74, 6) is -1.40. The molecular weight excluding hydrogens is 424 g/mol. The lowest BCUT2D eigenvalue weighted by Crippen LogP contribution is -2.52. The van der Waals surface area contributed by atoms with E-state index in [0.717, 1.165) is 36.6 Å². The number of carbonyl (C=O) groups excluding carboxylic acids is 2. The van der Waals surface area contributed by atoms with Crippen LogP contribution in [0.4, 0.5) is 8.78 Å². The summed E-state index contributed by atoms with van der Waals surface area (Å²) in [6.45, 7) is 4.17. The Morgan fingerprint density at radius 1 is 1.09 bits per heavy atom. The third-order valence-corrected chi connectivity index (χ3v) is 6.08. The Morgan fingerprint density at radius 2 is 1.82 bits per heavy atom. The number of benzene rings is 2. The number of carbonyl (C=O) groups is 2. The third kappa shape index (κ3) is 5.47. The molecule has 2 aromatic carbocycles. The van der Waals surface area contributed by atoms with Crippen LogP contribution in [-0.2, 0) is 9.59 Å². The van der Waals surface area contributed by atoms with E-state index in [1.54, 1.807) is 4.90 Å². The zero-order valence-corrected chi connectivity index (χ0v) is 18.9. The Hall–Kier alpha value is -3.06. The van der Waals surface area contributed by atoms with Crippen LogP contribution in [0, 0.1) is 17.6 Å². The zero-order chi connectivity index (χ0) is 23.5. The Morgan fingerprint density at radius 3 is 2.48 bits per heavy atom. The number of rotatable bonds is 8. The molecule has 1 fully saturated rings. The van der Waals surface area contributed by atoms with E-state index in [1.165, 1.54) is 0 Å². The Balaban J connectivity index is 1.61. The molecule has 0 aromatic heterocycles. The van der Waals surface area contributed by atoms with E-state index in [0.29, 0.717) is 5.57 Å². The van der Waals surface area contributed by atoms with Crippen molar-refractivity contribution in [2.75, 3.05) is 13.1 Å². The van der Waals surface area contributed by atoms with Gasteiger partial charge in [-0.15, -0.1) is 0 Å². The monoisotopic (exact) mass is 453 g/mol. The normalized spacial score (nSPS) is 18.9. The van der Waals surface area contributed by atoms with E-state index in [9.17, 15) is 18.4 Å².